The summed E-state index contributed by atoms with van der Waals surface area (Å²) in [5.74, 6) is 1.35. The lowest BCUT2D eigenvalue weighted by Gasteiger charge is -2.24. The highest BCUT2D eigenvalue weighted by Gasteiger charge is 2.19. The third kappa shape index (κ3) is 4.52. The number of hydrogen-bond donors (Lipinski definition) is 1. The number of pyridine rings is 1. The number of hydrogen-bond acceptors (Lipinski definition) is 5. The molecule has 1 atom stereocenters. The van der Waals surface area contributed by atoms with E-state index in [0.29, 0.717) is 17.4 Å². The molecule has 0 aliphatic rings. The molecule has 2 heterocycles. The van der Waals surface area contributed by atoms with E-state index in [4.69, 9.17) is 0 Å². The quantitative estimate of drug-likeness (QED) is 0.699. The van der Waals surface area contributed by atoms with Crippen LogP contribution in [-0.4, -0.2) is 38.8 Å². The van der Waals surface area contributed by atoms with Crippen molar-refractivity contribution in [3.8, 4) is 11.4 Å². The number of carbonyl (C=O) groups is 1. The number of carbonyl (C=O) groups excluding carboxylic acids is 1. The fourth-order valence-corrected chi connectivity index (χ4v) is 2.84. The SMILES string of the molecule is CC(C)Nc1ccnc(-c2ccc(C(=O)N(C)[C@H](C)c3ccccn3)cc2)n1. The van der Waals surface area contributed by atoms with Gasteiger partial charge < -0.3 is 10.2 Å². The van der Waals surface area contributed by atoms with Crippen molar-refractivity contribution in [2.75, 3.05) is 12.4 Å². The third-order valence-corrected chi connectivity index (χ3v) is 4.50. The van der Waals surface area contributed by atoms with Gasteiger partial charge in [0.1, 0.15) is 5.82 Å². The van der Waals surface area contributed by atoms with Gasteiger partial charge in [-0.1, -0.05) is 18.2 Å². The molecule has 144 valence electrons. The van der Waals surface area contributed by atoms with E-state index in [1.165, 1.54) is 0 Å². The van der Waals surface area contributed by atoms with E-state index in [9.17, 15) is 4.79 Å². The van der Waals surface area contributed by atoms with Gasteiger partial charge in [0, 0.05) is 36.6 Å². The molecule has 0 bridgehead atoms. The molecule has 0 unspecified atom stereocenters. The van der Waals surface area contributed by atoms with E-state index in [1.807, 2.05) is 55.5 Å². The lowest BCUT2D eigenvalue weighted by molar-refractivity contribution is 0.0740. The van der Waals surface area contributed by atoms with E-state index in [0.717, 1.165) is 17.1 Å². The molecule has 0 spiro atoms. The van der Waals surface area contributed by atoms with Crippen LogP contribution in [0.3, 0.4) is 0 Å². The zero-order valence-electron chi connectivity index (χ0n) is 16.6. The van der Waals surface area contributed by atoms with Crippen molar-refractivity contribution in [3.63, 3.8) is 0 Å². The molecule has 0 aliphatic carbocycles. The van der Waals surface area contributed by atoms with Gasteiger partial charge in [-0.15, -0.1) is 0 Å². The summed E-state index contributed by atoms with van der Waals surface area (Å²) in [5, 5.41) is 3.27. The van der Waals surface area contributed by atoms with Crippen molar-refractivity contribution in [2.24, 2.45) is 0 Å². The van der Waals surface area contributed by atoms with E-state index < -0.39 is 0 Å². The van der Waals surface area contributed by atoms with Crippen molar-refractivity contribution in [1.29, 1.82) is 0 Å². The molecule has 0 saturated carbocycles. The molecule has 3 aromatic rings. The minimum absolute atomic E-state index is 0.0548. The number of benzene rings is 1. The van der Waals surface area contributed by atoms with Gasteiger partial charge in [-0.2, -0.15) is 0 Å². The molecule has 0 saturated heterocycles. The molecule has 1 amide bonds. The molecule has 6 nitrogen and oxygen atoms in total. The highest BCUT2D eigenvalue weighted by atomic mass is 16.2. The lowest BCUT2D eigenvalue weighted by atomic mass is 10.1. The Morgan fingerprint density at radius 1 is 0.964 bits per heavy atom. The Bertz CT molecular complexity index is 925. The van der Waals surface area contributed by atoms with Crippen LogP contribution in [0.5, 0.6) is 0 Å². The predicted molar refractivity (Wildman–Crippen MR) is 111 cm³/mol. The molecule has 6 heteroatoms. The van der Waals surface area contributed by atoms with Crippen molar-refractivity contribution >= 4 is 11.7 Å². The molecule has 1 aromatic carbocycles. The van der Waals surface area contributed by atoms with Crippen molar-refractivity contribution < 1.29 is 4.79 Å². The van der Waals surface area contributed by atoms with Gasteiger partial charge in [-0.05, 0) is 51.1 Å². The van der Waals surface area contributed by atoms with Crippen LogP contribution in [0.4, 0.5) is 5.82 Å². The smallest absolute Gasteiger partial charge is 0.254 e. The molecule has 0 fully saturated rings. The fraction of sp³-hybridized carbons (Fsp3) is 0.273. The maximum absolute atomic E-state index is 12.8. The highest BCUT2D eigenvalue weighted by molar-refractivity contribution is 5.94. The molecule has 1 N–H and O–H groups in total. The van der Waals surface area contributed by atoms with E-state index >= 15 is 0 Å². The summed E-state index contributed by atoms with van der Waals surface area (Å²) in [7, 11) is 1.79. The second-order valence-electron chi connectivity index (χ2n) is 6.99. The van der Waals surface area contributed by atoms with Crippen LogP contribution in [0.1, 0.15) is 42.9 Å². The molecular weight excluding hydrogens is 350 g/mol. The Labute approximate surface area is 165 Å². The lowest BCUT2D eigenvalue weighted by Crippen LogP contribution is -2.30. The first-order valence-electron chi connectivity index (χ1n) is 9.34. The van der Waals surface area contributed by atoms with Crippen LogP contribution >= 0.6 is 0 Å². The standard InChI is InChI=1S/C22H25N5O/c1-15(2)25-20-12-14-24-21(26-20)17-8-10-18(11-9-17)22(28)27(4)16(3)19-7-5-6-13-23-19/h5-16H,1-4H3,(H,24,25,26)/t16-/m1/s1. The Kier molecular flexibility index (Phi) is 5.99. The van der Waals surface area contributed by atoms with Crippen molar-refractivity contribution in [1.82, 2.24) is 19.9 Å². The zero-order chi connectivity index (χ0) is 20.1. The third-order valence-electron chi connectivity index (χ3n) is 4.50. The van der Waals surface area contributed by atoms with Gasteiger partial charge in [0.05, 0.1) is 11.7 Å². The molecule has 3 rings (SSSR count). The van der Waals surface area contributed by atoms with E-state index in [2.05, 4.69) is 34.1 Å². The van der Waals surface area contributed by atoms with Crippen LogP contribution in [-0.2, 0) is 0 Å². The van der Waals surface area contributed by atoms with Gasteiger partial charge in [0.15, 0.2) is 5.82 Å². The summed E-state index contributed by atoms with van der Waals surface area (Å²) in [5.41, 5.74) is 2.34. The largest absolute Gasteiger partial charge is 0.368 e. The Balaban J connectivity index is 1.76. The molecule has 28 heavy (non-hydrogen) atoms. The number of rotatable bonds is 6. The monoisotopic (exact) mass is 375 g/mol. The van der Waals surface area contributed by atoms with Gasteiger partial charge in [-0.3, -0.25) is 9.78 Å². The first-order valence-corrected chi connectivity index (χ1v) is 9.34. The summed E-state index contributed by atoms with van der Waals surface area (Å²) in [6.45, 7) is 6.09. The van der Waals surface area contributed by atoms with E-state index in [-0.39, 0.29) is 11.9 Å². The Hall–Kier alpha value is -3.28. The topological polar surface area (TPSA) is 71.0 Å². The van der Waals surface area contributed by atoms with Crippen LogP contribution in [0.15, 0.2) is 60.9 Å². The zero-order valence-corrected chi connectivity index (χ0v) is 16.6. The van der Waals surface area contributed by atoms with Gasteiger partial charge in [-0.25, -0.2) is 9.97 Å². The van der Waals surface area contributed by atoms with Gasteiger partial charge >= 0.3 is 0 Å². The molecule has 2 aromatic heterocycles. The highest BCUT2D eigenvalue weighted by Crippen LogP contribution is 2.21. The van der Waals surface area contributed by atoms with Crippen LogP contribution in [0.2, 0.25) is 0 Å². The molecule has 0 aliphatic heterocycles. The number of anilines is 1. The summed E-state index contributed by atoms with van der Waals surface area (Å²) >= 11 is 0. The fourth-order valence-electron chi connectivity index (χ4n) is 2.84. The maximum atomic E-state index is 12.8. The van der Waals surface area contributed by atoms with Gasteiger partial charge in [0.25, 0.3) is 5.91 Å². The normalized spacial score (nSPS) is 11.9. The number of nitrogens with one attached hydrogen (secondary N) is 1. The second kappa shape index (κ2) is 8.61. The average molecular weight is 375 g/mol. The summed E-state index contributed by atoms with van der Waals surface area (Å²) in [4.78, 5) is 27.8. The number of nitrogens with zero attached hydrogens (tertiary/aromatic N) is 4. The van der Waals surface area contributed by atoms with Crippen LogP contribution in [0.25, 0.3) is 11.4 Å². The summed E-state index contributed by atoms with van der Waals surface area (Å²) in [6.07, 6.45) is 3.47. The molecular formula is C22H25N5O. The number of aromatic nitrogens is 3. The first kappa shape index (κ1) is 19.5. The Morgan fingerprint density at radius 3 is 2.36 bits per heavy atom. The predicted octanol–water partition coefficient (Wildman–Crippen LogP) is 4.19. The average Bonchev–Trinajstić information content (AvgIpc) is 2.72. The minimum atomic E-state index is -0.115. The maximum Gasteiger partial charge on any atom is 0.254 e. The summed E-state index contributed by atoms with van der Waals surface area (Å²) in [6, 6.07) is 15.1. The van der Waals surface area contributed by atoms with Crippen molar-refractivity contribution in [2.45, 2.75) is 32.9 Å². The van der Waals surface area contributed by atoms with Crippen molar-refractivity contribution in [3.05, 3.63) is 72.2 Å². The molecule has 0 radical (unpaired) electrons. The minimum Gasteiger partial charge on any atom is -0.368 e. The number of amides is 1. The van der Waals surface area contributed by atoms with Crippen LogP contribution in [0, 0.1) is 0 Å². The Morgan fingerprint density at radius 2 is 1.71 bits per heavy atom. The second-order valence-corrected chi connectivity index (χ2v) is 6.99. The summed E-state index contributed by atoms with van der Waals surface area (Å²) < 4.78 is 0. The van der Waals surface area contributed by atoms with E-state index in [1.54, 1.807) is 24.3 Å². The first-order chi connectivity index (χ1) is 13.5. The van der Waals surface area contributed by atoms with Crippen LogP contribution < -0.4 is 5.32 Å². The van der Waals surface area contributed by atoms with Gasteiger partial charge in [0.2, 0.25) is 0 Å².